The zero-order valence-corrected chi connectivity index (χ0v) is 14.5. The third kappa shape index (κ3) is 5.70. The molecule has 0 saturated carbocycles. The van der Waals surface area contributed by atoms with Crippen molar-refractivity contribution in [3.63, 3.8) is 0 Å². The summed E-state index contributed by atoms with van der Waals surface area (Å²) in [6.45, 7) is 3.70. The summed E-state index contributed by atoms with van der Waals surface area (Å²) in [5, 5.41) is 7.55. The second-order valence-corrected chi connectivity index (χ2v) is 6.17. The number of benzene rings is 1. The molecule has 0 atom stereocenters. The van der Waals surface area contributed by atoms with Crippen LogP contribution in [-0.4, -0.2) is 31.5 Å². The highest BCUT2D eigenvalue weighted by atomic mass is 32.1. The molecule has 0 aliphatic rings. The Morgan fingerprint density at radius 3 is 2.58 bits per heavy atom. The van der Waals surface area contributed by atoms with Crippen LogP contribution in [0.15, 0.2) is 41.8 Å². The fourth-order valence-corrected chi connectivity index (χ4v) is 2.68. The van der Waals surface area contributed by atoms with Crippen molar-refractivity contribution in [2.24, 2.45) is 0 Å². The average Bonchev–Trinajstić information content (AvgIpc) is 3.14. The van der Waals surface area contributed by atoms with Gasteiger partial charge in [0.2, 0.25) is 0 Å². The molecular weight excluding hydrogens is 324 g/mol. The summed E-state index contributed by atoms with van der Waals surface area (Å²) in [5.74, 6) is 0.492. The van der Waals surface area contributed by atoms with Crippen LogP contribution < -0.4 is 15.4 Å². The van der Waals surface area contributed by atoms with Gasteiger partial charge in [0, 0.05) is 18.7 Å². The van der Waals surface area contributed by atoms with Crippen molar-refractivity contribution in [3.05, 3.63) is 52.2 Å². The van der Waals surface area contributed by atoms with Crippen LogP contribution in [-0.2, 0) is 0 Å². The number of ether oxygens (including phenoxy) is 1. The van der Waals surface area contributed by atoms with Gasteiger partial charge in [0.25, 0.3) is 11.8 Å². The first-order chi connectivity index (χ1) is 11.7. The molecule has 128 valence electrons. The van der Waals surface area contributed by atoms with Crippen molar-refractivity contribution in [2.45, 2.75) is 19.8 Å². The summed E-state index contributed by atoms with van der Waals surface area (Å²) < 4.78 is 5.52. The van der Waals surface area contributed by atoms with E-state index < -0.39 is 0 Å². The number of rotatable bonds is 9. The van der Waals surface area contributed by atoms with Crippen molar-refractivity contribution in [2.75, 3.05) is 19.7 Å². The summed E-state index contributed by atoms with van der Waals surface area (Å²) in [6, 6.07) is 10.8. The van der Waals surface area contributed by atoms with Gasteiger partial charge in [0.1, 0.15) is 5.75 Å². The molecule has 5 nitrogen and oxygen atoms in total. The molecule has 0 bridgehead atoms. The molecule has 0 radical (unpaired) electrons. The molecule has 0 aliphatic heterocycles. The van der Waals surface area contributed by atoms with Crippen LogP contribution in [0.3, 0.4) is 0 Å². The van der Waals surface area contributed by atoms with Crippen LogP contribution in [0.1, 0.15) is 39.8 Å². The minimum absolute atomic E-state index is 0.0721. The molecular formula is C18H22N2O3S. The molecule has 0 unspecified atom stereocenters. The number of carbonyl (C=O) groups is 2. The largest absolute Gasteiger partial charge is 0.494 e. The zero-order valence-electron chi connectivity index (χ0n) is 13.7. The second-order valence-electron chi connectivity index (χ2n) is 5.22. The summed E-state index contributed by atoms with van der Waals surface area (Å²) >= 11 is 1.41. The fourth-order valence-electron chi connectivity index (χ4n) is 2.04. The molecule has 6 heteroatoms. The second kappa shape index (κ2) is 9.72. The Balaban J connectivity index is 1.68. The smallest absolute Gasteiger partial charge is 0.261 e. The maximum atomic E-state index is 12.1. The van der Waals surface area contributed by atoms with Crippen LogP contribution in [0.5, 0.6) is 5.75 Å². The van der Waals surface area contributed by atoms with Gasteiger partial charge in [-0.15, -0.1) is 11.3 Å². The van der Waals surface area contributed by atoms with Crippen LogP contribution >= 0.6 is 11.3 Å². The van der Waals surface area contributed by atoms with E-state index in [1.165, 1.54) is 11.3 Å². The van der Waals surface area contributed by atoms with Gasteiger partial charge in [0.15, 0.2) is 0 Å². The highest BCUT2D eigenvalue weighted by molar-refractivity contribution is 7.12. The number of thiophene rings is 1. The van der Waals surface area contributed by atoms with Gasteiger partial charge < -0.3 is 15.4 Å². The van der Waals surface area contributed by atoms with E-state index in [0.717, 1.165) is 6.42 Å². The molecule has 24 heavy (non-hydrogen) atoms. The van der Waals surface area contributed by atoms with Gasteiger partial charge in [-0.2, -0.15) is 0 Å². The van der Waals surface area contributed by atoms with E-state index in [4.69, 9.17) is 4.74 Å². The molecule has 2 aromatic rings. The Hall–Kier alpha value is -2.34. The summed E-state index contributed by atoms with van der Waals surface area (Å²) in [5.41, 5.74) is 0.575. The molecule has 0 fully saturated rings. The molecule has 1 aromatic carbocycles. The number of amides is 2. The third-order valence-corrected chi connectivity index (χ3v) is 4.11. The molecule has 0 saturated heterocycles. The molecule has 0 aliphatic carbocycles. The van der Waals surface area contributed by atoms with Gasteiger partial charge in [-0.1, -0.05) is 19.1 Å². The Morgan fingerprint density at radius 1 is 1.08 bits per heavy atom. The monoisotopic (exact) mass is 346 g/mol. The van der Waals surface area contributed by atoms with Gasteiger partial charge in [-0.25, -0.2) is 0 Å². The molecule has 1 aromatic heterocycles. The fraction of sp³-hybridized carbons (Fsp3) is 0.333. The minimum atomic E-state index is -0.137. The van der Waals surface area contributed by atoms with Gasteiger partial charge in [-0.3, -0.25) is 9.59 Å². The molecule has 1 heterocycles. The lowest BCUT2D eigenvalue weighted by Crippen LogP contribution is -2.29. The van der Waals surface area contributed by atoms with E-state index >= 15 is 0 Å². The summed E-state index contributed by atoms with van der Waals surface area (Å²) in [4.78, 5) is 24.5. The molecule has 2 amide bonds. The SMILES string of the molecule is CCCOc1cccc(C(=O)NCCCNC(=O)c2cccs2)c1. The van der Waals surface area contributed by atoms with E-state index in [0.29, 0.717) is 42.3 Å². The molecule has 2 N–H and O–H groups in total. The number of hydrogen-bond acceptors (Lipinski definition) is 4. The molecule has 0 spiro atoms. The quantitative estimate of drug-likeness (QED) is 0.686. The Bertz CT molecular complexity index is 656. The maximum absolute atomic E-state index is 12.1. The first-order valence-corrected chi connectivity index (χ1v) is 8.91. The lowest BCUT2D eigenvalue weighted by atomic mass is 10.2. The van der Waals surface area contributed by atoms with Crippen molar-refractivity contribution in [3.8, 4) is 5.75 Å². The zero-order chi connectivity index (χ0) is 17.2. The van der Waals surface area contributed by atoms with Crippen molar-refractivity contribution in [1.29, 1.82) is 0 Å². The predicted octanol–water partition coefficient (Wildman–Crippen LogP) is 3.09. The van der Waals surface area contributed by atoms with Crippen LogP contribution in [0.25, 0.3) is 0 Å². The Labute approximate surface area is 146 Å². The van der Waals surface area contributed by atoms with E-state index in [2.05, 4.69) is 10.6 Å². The average molecular weight is 346 g/mol. The van der Waals surface area contributed by atoms with E-state index in [1.54, 1.807) is 24.3 Å². The maximum Gasteiger partial charge on any atom is 0.261 e. The van der Waals surface area contributed by atoms with Gasteiger partial charge in [-0.05, 0) is 42.5 Å². The first kappa shape index (κ1) is 18.0. The minimum Gasteiger partial charge on any atom is -0.494 e. The van der Waals surface area contributed by atoms with Crippen LogP contribution in [0.2, 0.25) is 0 Å². The Morgan fingerprint density at radius 2 is 1.88 bits per heavy atom. The normalized spacial score (nSPS) is 10.2. The van der Waals surface area contributed by atoms with Crippen molar-refractivity contribution < 1.29 is 14.3 Å². The van der Waals surface area contributed by atoms with E-state index in [-0.39, 0.29) is 11.8 Å². The van der Waals surface area contributed by atoms with Gasteiger partial charge in [0.05, 0.1) is 11.5 Å². The predicted molar refractivity (Wildman–Crippen MR) is 95.8 cm³/mol. The summed E-state index contributed by atoms with van der Waals surface area (Å²) in [7, 11) is 0. The Kier molecular flexibility index (Phi) is 7.29. The topological polar surface area (TPSA) is 67.4 Å². The number of nitrogens with one attached hydrogen (secondary N) is 2. The van der Waals surface area contributed by atoms with Crippen molar-refractivity contribution >= 4 is 23.2 Å². The highest BCUT2D eigenvalue weighted by Gasteiger charge is 2.07. The van der Waals surface area contributed by atoms with Gasteiger partial charge >= 0.3 is 0 Å². The molecule has 2 rings (SSSR count). The number of carbonyl (C=O) groups excluding carboxylic acids is 2. The summed E-state index contributed by atoms with van der Waals surface area (Å²) in [6.07, 6.45) is 1.60. The highest BCUT2D eigenvalue weighted by Crippen LogP contribution is 2.13. The number of hydrogen-bond donors (Lipinski definition) is 2. The van der Waals surface area contributed by atoms with E-state index in [1.807, 2.05) is 24.4 Å². The van der Waals surface area contributed by atoms with Crippen LogP contribution in [0.4, 0.5) is 0 Å². The first-order valence-electron chi connectivity index (χ1n) is 8.03. The van der Waals surface area contributed by atoms with Crippen LogP contribution in [0, 0.1) is 0 Å². The lowest BCUT2D eigenvalue weighted by Gasteiger charge is -2.08. The standard InChI is InChI=1S/C18H22N2O3S/c1-2-11-23-15-7-3-6-14(13-15)17(21)19-9-5-10-20-18(22)16-8-4-12-24-16/h3-4,6-8,12-13H,2,5,9-11H2,1H3,(H,19,21)(H,20,22). The lowest BCUT2D eigenvalue weighted by molar-refractivity contribution is 0.0952. The third-order valence-electron chi connectivity index (χ3n) is 3.24. The van der Waals surface area contributed by atoms with E-state index in [9.17, 15) is 9.59 Å². The van der Waals surface area contributed by atoms with Crippen molar-refractivity contribution in [1.82, 2.24) is 10.6 Å².